The van der Waals surface area contributed by atoms with Gasteiger partial charge >= 0.3 is 12.1 Å². The van der Waals surface area contributed by atoms with E-state index in [0.29, 0.717) is 47.2 Å². The zero-order valence-corrected chi connectivity index (χ0v) is 23.1. The van der Waals surface area contributed by atoms with Gasteiger partial charge in [-0.05, 0) is 65.6 Å². The molecule has 0 radical (unpaired) electrons. The first-order valence-electron chi connectivity index (χ1n) is 13.6. The van der Waals surface area contributed by atoms with Crippen molar-refractivity contribution in [2.24, 2.45) is 11.8 Å². The van der Waals surface area contributed by atoms with Crippen molar-refractivity contribution in [2.45, 2.75) is 70.0 Å². The van der Waals surface area contributed by atoms with Crippen LogP contribution in [0, 0.1) is 17.7 Å². The van der Waals surface area contributed by atoms with E-state index in [-0.39, 0.29) is 29.1 Å². The number of nitrogens with zero attached hydrogens (tertiary/aromatic N) is 5. The second-order valence-corrected chi connectivity index (χ2v) is 12.3. The van der Waals surface area contributed by atoms with E-state index in [1.807, 2.05) is 6.07 Å². The van der Waals surface area contributed by atoms with Gasteiger partial charge in [-0.3, -0.25) is 9.80 Å². The molecule has 37 heavy (non-hydrogen) atoms. The van der Waals surface area contributed by atoms with E-state index >= 15 is 4.39 Å². The van der Waals surface area contributed by atoms with Gasteiger partial charge in [0.25, 0.3) is 0 Å². The highest BCUT2D eigenvalue weighted by atomic mass is 79.9. The van der Waals surface area contributed by atoms with Crippen LogP contribution in [0.3, 0.4) is 0 Å². The highest BCUT2D eigenvalue weighted by Gasteiger charge is 2.51. The Balaban J connectivity index is 1.32. The third-order valence-electron chi connectivity index (χ3n) is 9.31. The molecule has 4 atom stereocenters. The van der Waals surface area contributed by atoms with Crippen molar-refractivity contribution in [2.75, 3.05) is 37.7 Å². The smallest absolute Gasteiger partial charge is 0.407 e. The lowest BCUT2D eigenvalue weighted by Gasteiger charge is -2.40. The van der Waals surface area contributed by atoms with Crippen molar-refractivity contribution < 1.29 is 19.0 Å². The Morgan fingerprint density at radius 3 is 2.35 bits per heavy atom. The van der Waals surface area contributed by atoms with Crippen LogP contribution in [0.5, 0.6) is 6.01 Å². The van der Waals surface area contributed by atoms with Crippen LogP contribution in [0.4, 0.5) is 15.0 Å². The molecule has 200 valence electrons. The van der Waals surface area contributed by atoms with E-state index in [1.54, 1.807) is 11.0 Å². The number of anilines is 1. The summed E-state index contributed by atoms with van der Waals surface area (Å²) >= 11 is 3.30. The lowest BCUT2D eigenvalue weighted by atomic mass is 9.86. The van der Waals surface area contributed by atoms with E-state index in [2.05, 4.69) is 44.6 Å². The molecule has 2 bridgehead atoms. The first-order chi connectivity index (χ1) is 17.8. The summed E-state index contributed by atoms with van der Waals surface area (Å²) in [5, 5.41) is 10.3. The number of piperazine rings is 1. The Morgan fingerprint density at radius 1 is 1.11 bits per heavy atom. The molecule has 2 aromatic rings. The summed E-state index contributed by atoms with van der Waals surface area (Å²) in [7, 11) is 0. The summed E-state index contributed by atoms with van der Waals surface area (Å²) in [5.74, 6) is 1.53. The standard InChI is InChI=1S/C27H35BrFN5O3/c1-3-16-9-27(10-17(4-2)12-33(27)11-16)15-37-25-30-23-20(7-8-21(28)22(23)29)24(31-25)32-13-18-5-6-19(14-32)34(18)26(35)36/h7-8,16-19H,3-6,9-15H2,1-2H3,(H,35,36)/t16?,17?,18-,19+,27?. The monoisotopic (exact) mass is 575 g/mol. The van der Waals surface area contributed by atoms with Gasteiger partial charge in [0.15, 0.2) is 5.82 Å². The molecule has 6 rings (SSSR count). The molecule has 8 nitrogen and oxygen atoms in total. The number of fused-ring (bicyclic) bond motifs is 4. The van der Waals surface area contributed by atoms with Gasteiger partial charge in [0.05, 0.1) is 22.1 Å². The summed E-state index contributed by atoms with van der Waals surface area (Å²) in [6.07, 6.45) is 5.34. The largest absolute Gasteiger partial charge is 0.465 e. The average molecular weight is 577 g/mol. The van der Waals surface area contributed by atoms with Gasteiger partial charge in [-0.15, -0.1) is 0 Å². The summed E-state index contributed by atoms with van der Waals surface area (Å²) < 4.78 is 22.0. The predicted octanol–water partition coefficient (Wildman–Crippen LogP) is 5.14. The summed E-state index contributed by atoms with van der Waals surface area (Å²) in [5.41, 5.74) is 0.217. The molecule has 1 aromatic carbocycles. The van der Waals surface area contributed by atoms with Crippen molar-refractivity contribution in [1.29, 1.82) is 0 Å². The minimum absolute atomic E-state index is 0.0120. The molecule has 0 aliphatic carbocycles. The number of hydrogen-bond acceptors (Lipinski definition) is 6. The second-order valence-electron chi connectivity index (χ2n) is 11.4. The van der Waals surface area contributed by atoms with Gasteiger partial charge in [0.1, 0.15) is 17.9 Å². The fourth-order valence-electron chi connectivity index (χ4n) is 7.38. The van der Waals surface area contributed by atoms with Crippen molar-refractivity contribution in [3.63, 3.8) is 0 Å². The Bertz CT molecular complexity index is 1180. The van der Waals surface area contributed by atoms with Gasteiger partial charge < -0.3 is 14.7 Å². The van der Waals surface area contributed by atoms with Crippen LogP contribution >= 0.6 is 15.9 Å². The van der Waals surface area contributed by atoms with Gasteiger partial charge in [-0.2, -0.15) is 9.97 Å². The quantitative estimate of drug-likeness (QED) is 0.510. The SMILES string of the molecule is CCC1CN2CC(CC)CC2(COc2nc(N3C[C@H]4CC[C@@H](C3)N4C(=O)O)c3ccc(Br)c(F)c3n2)C1. The zero-order valence-electron chi connectivity index (χ0n) is 21.5. The molecule has 1 amide bonds. The van der Waals surface area contributed by atoms with Crippen LogP contribution in [-0.2, 0) is 0 Å². The van der Waals surface area contributed by atoms with Crippen LogP contribution in [-0.4, -0.2) is 81.4 Å². The van der Waals surface area contributed by atoms with Gasteiger partial charge in [0.2, 0.25) is 0 Å². The van der Waals surface area contributed by atoms with Crippen LogP contribution in [0.25, 0.3) is 10.9 Å². The molecule has 4 saturated heterocycles. The zero-order chi connectivity index (χ0) is 25.9. The minimum Gasteiger partial charge on any atom is -0.465 e. The van der Waals surface area contributed by atoms with Crippen LogP contribution < -0.4 is 9.64 Å². The first-order valence-corrected chi connectivity index (χ1v) is 14.4. The third kappa shape index (κ3) is 4.24. The molecule has 2 unspecified atom stereocenters. The molecular formula is C27H35BrFN5O3. The molecule has 5 heterocycles. The van der Waals surface area contributed by atoms with E-state index in [1.165, 1.54) is 0 Å². The molecule has 4 aliphatic heterocycles. The van der Waals surface area contributed by atoms with Gasteiger partial charge in [-0.25, -0.2) is 9.18 Å². The Labute approximate surface area is 225 Å². The van der Waals surface area contributed by atoms with E-state index in [9.17, 15) is 9.90 Å². The second kappa shape index (κ2) is 9.52. The van der Waals surface area contributed by atoms with Gasteiger partial charge in [0, 0.05) is 31.6 Å². The van der Waals surface area contributed by atoms with Gasteiger partial charge in [-0.1, -0.05) is 26.7 Å². The fourth-order valence-corrected chi connectivity index (χ4v) is 7.70. The number of hydrogen-bond donors (Lipinski definition) is 1. The number of carboxylic acid groups (broad SMARTS) is 1. The maximum absolute atomic E-state index is 15.3. The molecule has 1 aromatic heterocycles. The number of halogens is 2. The van der Waals surface area contributed by atoms with E-state index in [0.717, 1.165) is 51.6 Å². The molecule has 1 N–H and O–H groups in total. The number of ether oxygens (including phenoxy) is 1. The molecule has 10 heteroatoms. The number of aromatic nitrogens is 2. The fraction of sp³-hybridized carbons (Fsp3) is 0.667. The predicted molar refractivity (Wildman–Crippen MR) is 143 cm³/mol. The normalized spacial score (nSPS) is 31.4. The number of rotatable bonds is 6. The molecule has 4 fully saturated rings. The highest BCUT2D eigenvalue weighted by Crippen LogP contribution is 2.46. The number of carbonyl (C=O) groups is 1. The van der Waals surface area contributed by atoms with Crippen molar-refractivity contribution in [1.82, 2.24) is 19.8 Å². The lowest BCUT2D eigenvalue weighted by Crippen LogP contribution is -2.55. The summed E-state index contributed by atoms with van der Waals surface area (Å²) in [6.45, 7) is 8.29. The van der Waals surface area contributed by atoms with Crippen LogP contribution in [0.2, 0.25) is 0 Å². The molecular weight excluding hydrogens is 541 g/mol. The maximum Gasteiger partial charge on any atom is 0.407 e. The Morgan fingerprint density at radius 2 is 1.76 bits per heavy atom. The number of benzene rings is 1. The third-order valence-corrected chi connectivity index (χ3v) is 9.92. The molecule has 0 saturated carbocycles. The van der Waals surface area contributed by atoms with E-state index in [4.69, 9.17) is 9.72 Å². The lowest BCUT2D eigenvalue weighted by molar-refractivity contribution is 0.107. The summed E-state index contributed by atoms with van der Waals surface area (Å²) in [6, 6.07) is 3.53. The Kier molecular flexibility index (Phi) is 6.46. The molecule has 4 aliphatic rings. The molecule has 0 spiro atoms. The highest BCUT2D eigenvalue weighted by molar-refractivity contribution is 9.10. The van der Waals surface area contributed by atoms with Crippen LogP contribution in [0.1, 0.15) is 52.4 Å². The van der Waals surface area contributed by atoms with Crippen LogP contribution in [0.15, 0.2) is 16.6 Å². The van der Waals surface area contributed by atoms with Crippen molar-refractivity contribution >= 4 is 38.7 Å². The maximum atomic E-state index is 15.3. The van der Waals surface area contributed by atoms with Crippen molar-refractivity contribution in [3.05, 3.63) is 22.4 Å². The first kappa shape index (κ1) is 25.1. The summed E-state index contributed by atoms with van der Waals surface area (Å²) in [4.78, 5) is 27.5. The van der Waals surface area contributed by atoms with E-state index < -0.39 is 11.9 Å². The Hall–Kier alpha value is -2.20. The topological polar surface area (TPSA) is 82.0 Å². The average Bonchev–Trinajstić information content (AvgIpc) is 3.50. The number of amides is 1. The van der Waals surface area contributed by atoms with Crippen molar-refractivity contribution in [3.8, 4) is 6.01 Å². The minimum atomic E-state index is -0.869.